The van der Waals surface area contributed by atoms with E-state index in [1.165, 1.54) is 11.3 Å². The number of hydrogen-bond donors (Lipinski definition) is 2. The summed E-state index contributed by atoms with van der Waals surface area (Å²) in [5, 5.41) is 12.5. The second-order valence-corrected chi connectivity index (χ2v) is 7.76. The number of phenols is 1. The van der Waals surface area contributed by atoms with Crippen molar-refractivity contribution in [1.29, 1.82) is 0 Å². The number of aromatic amines is 1. The summed E-state index contributed by atoms with van der Waals surface area (Å²) in [6.07, 6.45) is 2.20. The van der Waals surface area contributed by atoms with Gasteiger partial charge >= 0.3 is 0 Å². The number of aryl methyl sites for hydroxylation is 3. The van der Waals surface area contributed by atoms with Gasteiger partial charge < -0.3 is 10.1 Å². The Morgan fingerprint density at radius 2 is 2.08 bits per heavy atom. The standard InChI is InChI=1S/C19H21BN2O2S/c1-10(2)6-13-9-25-19-16(13)18(24)21-15(22-19)5-4-12-7-11(3)17(23)14(20)8-12/h7-10,23H,4-6H2,1-3H3,(H,21,22,24). The monoisotopic (exact) mass is 352 g/mol. The predicted molar refractivity (Wildman–Crippen MR) is 104 cm³/mol. The third-order valence-corrected chi connectivity index (χ3v) is 5.16. The van der Waals surface area contributed by atoms with Crippen LogP contribution in [0.25, 0.3) is 10.2 Å². The number of benzene rings is 1. The maximum absolute atomic E-state index is 12.5. The average molecular weight is 352 g/mol. The van der Waals surface area contributed by atoms with E-state index in [4.69, 9.17) is 7.85 Å². The summed E-state index contributed by atoms with van der Waals surface area (Å²) < 4.78 is 0. The lowest BCUT2D eigenvalue weighted by Gasteiger charge is -2.08. The van der Waals surface area contributed by atoms with Crippen LogP contribution in [0.3, 0.4) is 0 Å². The van der Waals surface area contributed by atoms with Gasteiger partial charge in [-0.05, 0) is 47.8 Å². The Morgan fingerprint density at radius 1 is 1.32 bits per heavy atom. The Bertz CT molecular complexity index is 952. The lowest BCUT2D eigenvalue weighted by molar-refractivity contribution is 0.475. The second-order valence-electron chi connectivity index (χ2n) is 6.90. The fourth-order valence-electron chi connectivity index (χ4n) is 3.05. The van der Waals surface area contributed by atoms with Crippen molar-refractivity contribution in [2.45, 2.75) is 40.0 Å². The molecule has 0 aliphatic rings. The molecule has 0 fully saturated rings. The summed E-state index contributed by atoms with van der Waals surface area (Å²) in [6.45, 7) is 6.11. The van der Waals surface area contributed by atoms with Crippen molar-refractivity contribution in [3.8, 4) is 5.75 Å². The maximum Gasteiger partial charge on any atom is 0.259 e. The number of H-pyrrole nitrogens is 1. The predicted octanol–water partition coefficient (Wildman–Crippen LogP) is 2.78. The Hall–Kier alpha value is -2.08. The molecule has 6 heteroatoms. The molecular weight excluding hydrogens is 331 g/mol. The van der Waals surface area contributed by atoms with Crippen molar-refractivity contribution in [1.82, 2.24) is 9.97 Å². The summed E-state index contributed by atoms with van der Waals surface area (Å²) in [5.41, 5.74) is 3.17. The zero-order chi connectivity index (χ0) is 18.1. The molecule has 0 saturated heterocycles. The number of thiophene rings is 1. The minimum Gasteiger partial charge on any atom is -0.508 e. The minimum atomic E-state index is -0.0571. The highest BCUT2D eigenvalue weighted by atomic mass is 32.1. The third-order valence-electron chi connectivity index (χ3n) is 4.24. The highest BCUT2D eigenvalue weighted by Crippen LogP contribution is 2.24. The fraction of sp³-hybridized carbons (Fsp3) is 0.368. The van der Waals surface area contributed by atoms with E-state index < -0.39 is 0 Å². The zero-order valence-electron chi connectivity index (χ0n) is 14.7. The molecule has 3 rings (SSSR count). The first-order valence-electron chi connectivity index (χ1n) is 8.42. The van der Waals surface area contributed by atoms with Gasteiger partial charge in [0.2, 0.25) is 0 Å². The number of nitrogens with zero attached hydrogens (tertiary/aromatic N) is 1. The van der Waals surface area contributed by atoms with Gasteiger partial charge in [-0.1, -0.05) is 31.4 Å². The van der Waals surface area contributed by atoms with Gasteiger partial charge in [-0.3, -0.25) is 4.79 Å². The summed E-state index contributed by atoms with van der Waals surface area (Å²) in [4.78, 5) is 20.8. The second kappa shape index (κ2) is 7.04. The molecule has 0 spiro atoms. The Balaban J connectivity index is 1.84. The molecule has 2 aromatic heterocycles. The Kier molecular flexibility index (Phi) is 5.00. The van der Waals surface area contributed by atoms with E-state index in [1.54, 1.807) is 6.07 Å². The lowest BCUT2D eigenvalue weighted by Crippen LogP contribution is -2.13. The molecule has 4 nitrogen and oxygen atoms in total. The van der Waals surface area contributed by atoms with Crippen molar-refractivity contribution in [3.63, 3.8) is 0 Å². The molecule has 2 radical (unpaired) electrons. The molecule has 0 atom stereocenters. The van der Waals surface area contributed by atoms with Crippen LogP contribution < -0.4 is 11.0 Å². The fourth-order valence-corrected chi connectivity index (χ4v) is 4.02. The number of hydrogen-bond acceptors (Lipinski definition) is 4. The van der Waals surface area contributed by atoms with E-state index in [2.05, 4.69) is 23.8 Å². The molecule has 2 heterocycles. The number of fused-ring (bicyclic) bond motifs is 1. The number of rotatable bonds is 5. The quantitative estimate of drug-likeness (QED) is 0.694. The SMILES string of the molecule is [B]c1cc(CCc2nc3scc(CC(C)C)c3c(=O)[nH]2)cc(C)c1O. The Labute approximate surface area is 152 Å². The molecule has 2 N–H and O–H groups in total. The van der Waals surface area contributed by atoms with Gasteiger partial charge in [0, 0.05) is 6.42 Å². The summed E-state index contributed by atoms with van der Waals surface area (Å²) in [6, 6.07) is 3.68. The van der Waals surface area contributed by atoms with Crippen molar-refractivity contribution in [2.24, 2.45) is 5.92 Å². The number of phenolic OH excluding ortho intramolecular Hbond substituents is 1. The van der Waals surface area contributed by atoms with Gasteiger partial charge in [-0.15, -0.1) is 11.3 Å². The molecule has 0 amide bonds. The zero-order valence-corrected chi connectivity index (χ0v) is 15.5. The first kappa shape index (κ1) is 17.7. The van der Waals surface area contributed by atoms with Crippen LogP contribution in [0.2, 0.25) is 0 Å². The Morgan fingerprint density at radius 3 is 2.76 bits per heavy atom. The summed E-state index contributed by atoms with van der Waals surface area (Å²) >= 11 is 1.53. The van der Waals surface area contributed by atoms with Crippen molar-refractivity contribution >= 4 is 34.9 Å². The third kappa shape index (κ3) is 3.79. The van der Waals surface area contributed by atoms with Crippen LogP contribution in [-0.4, -0.2) is 22.9 Å². The van der Waals surface area contributed by atoms with Gasteiger partial charge in [0.15, 0.2) is 0 Å². The van der Waals surface area contributed by atoms with E-state index in [9.17, 15) is 9.90 Å². The van der Waals surface area contributed by atoms with Crippen LogP contribution in [-0.2, 0) is 19.3 Å². The topological polar surface area (TPSA) is 66.0 Å². The molecule has 0 aliphatic heterocycles. The number of nitrogens with one attached hydrogen (secondary N) is 1. The molecule has 128 valence electrons. The average Bonchev–Trinajstić information content (AvgIpc) is 2.93. The molecule has 0 bridgehead atoms. The number of aromatic hydroxyl groups is 1. The van der Waals surface area contributed by atoms with E-state index in [1.807, 2.05) is 18.4 Å². The van der Waals surface area contributed by atoms with Crippen LogP contribution in [0.5, 0.6) is 5.75 Å². The smallest absolute Gasteiger partial charge is 0.259 e. The molecule has 0 unspecified atom stereocenters. The molecular formula is C19H21BN2O2S. The molecule has 0 aliphatic carbocycles. The highest BCUT2D eigenvalue weighted by Gasteiger charge is 2.12. The van der Waals surface area contributed by atoms with E-state index in [-0.39, 0.29) is 11.3 Å². The van der Waals surface area contributed by atoms with Gasteiger partial charge in [0.25, 0.3) is 5.56 Å². The summed E-state index contributed by atoms with van der Waals surface area (Å²) in [7, 11) is 5.81. The molecule has 25 heavy (non-hydrogen) atoms. The first-order valence-corrected chi connectivity index (χ1v) is 9.30. The van der Waals surface area contributed by atoms with Crippen LogP contribution in [0, 0.1) is 12.8 Å². The normalized spacial score (nSPS) is 11.5. The van der Waals surface area contributed by atoms with Crippen molar-refractivity contribution in [2.75, 3.05) is 0 Å². The summed E-state index contributed by atoms with van der Waals surface area (Å²) in [5.74, 6) is 1.31. The molecule has 3 aromatic rings. The highest BCUT2D eigenvalue weighted by molar-refractivity contribution is 7.16. The van der Waals surface area contributed by atoms with Crippen LogP contribution in [0.4, 0.5) is 0 Å². The van der Waals surface area contributed by atoms with Gasteiger partial charge in [0.05, 0.1) is 5.39 Å². The van der Waals surface area contributed by atoms with Crippen LogP contribution in [0.15, 0.2) is 22.3 Å². The molecule has 0 saturated carbocycles. The van der Waals surface area contributed by atoms with E-state index >= 15 is 0 Å². The lowest BCUT2D eigenvalue weighted by atomic mass is 9.90. The number of aromatic nitrogens is 2. The van der Waals surface area contributed by atoms with Crippen molar-refractivity contribution in [3.05, 3.63) is 50.4 Å². The van der Waals surface area contributed by atoms with Gasteiger partial charge in [0.1, 0.15) is 24.3 Å². The largest absolute Gasteiger partial charge is 0.508 e. The van der Waals surface area contributed by atoms with Gasteiger partial charge in [-0.25, -0.2) is 4.98 Å². The van der Waals surface area contributed by atoms with E-state index in [0.29, 0.717) is 30.0 Å². The van der Waals surface area contributed by atoms with Gasteiger partial charge in [-0.2, -0.15) is 0 Å². The first-order chi connectivity index (χ1) is 11.8. The molecule has 1 aromatic carbocycles. The van der Waals surface area contributed by atoms with E-state index in [0.717, 1.165) is 33.3 Å². The van der Waals surface area contributed by atoms with Crippen LogP contribution in [0.1, 0.15) is 36.4 Å². The minimum absolute atomic E-state index is 0.0571. The maximum atomic E-state index is 12.5. The van der Waals surface area contributed by atoms with Crippen LogP contribution >= 0.6 is 11.3 Å². The van der Waals surface area contributed by atoms with Crippen molar-refractivity contribution < 1.29 is 5.11 Å².